The third-order valence-corrected chi connectivity index (χ3v) is 2.75. The Bertz CT molecular complexity index is 337. The van der Waals surface area contributed by atoms with E-state index in [0.29, 0.717) is 10.9 Å². The Morgan fingerprint density at radius 3 is 3.14 bits per heavy atom. The highest BCUT2D eigenvalue weighted by Crippen LogP contribution is 2.15. The van der Waals surface area contributed by atoms with E-state index in [9.17, 15) is 0 Å². The van der Waals surface area contributed by atoms with Gasteiger partial charge in [0.25, 0.3) is 0 Å². The van der Waals surface area contributed by atoms with Crippen molar-refractivity contribution in [3.05, 3.63) is 18.0 Å². The predicted octanol–water partition coefficient (Wildman–Crippen LogP) is 1.07. The molecule has 0 amide bonds. The average molecular weight is 209 g/mol. The van der Waals surface area contributed by atoms with Gasteiger partial charge in [0.05, 0.1) is 0 Å². The van der Waals surface area contributed by atoms with Crippen molar-refractivity contribution in [1.29, 1.82) is 5.26 Å². The highest BCUT2D eigenvalue weighted by atomic mass is 32.2. The highest BCUT2D eigenvalue weighted by molar-refractivity contribution is 7.99. The minimum atomic E-state index is 0.158. The van der Waals surface area contributed by atoms with E-state index >= 15 is 0 Å². The molecule has 74 valence electrons. The van der Waals surface area contributed by atoms with Crippen LogP contribution in [0.15, 0.2) is 17.4 Å². The number of aliphatic hydroxyl groups excluding tert-OH is 1. The lowest BCUT2D eigenvalue weighted by atomic mass is 10.2. The Kier molecular flexibility index (Phi) is 4.36. The Balaban J connectivity index is 2.55. The molecular weight excluding hydrogens is 198 g/mol. The molecule has 1 unspecified atom stereocenters. The Morgan fingerprint density at radius 1 is 1.71 bits per heavy atom. The van der Waals surface area contributed by atoms with Gasteiger partial charge in [-0.15, -0.1) is 0 Å². The van der Waals surface area contributed by atoms with Gasteiger partial charge in [0, 0.05) is 18.6 Å². The molecule has 0 aliphatic carbocycles. The lowest BCUT2D eigenvalue weighted by Crippen LogP contribution is -2.04. The van der Waals surface area contributed by atoms with E-state index in [4.69, 9.17) is 10.4 Å². The number of aromatic nitrogens is 2. The molecule has 0 radical (unpaired) electrons. The molecule has 0 aliphatic heterocycles. The Morgan fingerprint density at radius 2 is 2.50 bits per heavy atom. The zero-order valence-corrected chi connectivity index (χ0v) is 8.66. The number of hydrogen-bond acceptors (Lipinski definition) is 5. The smallest absolute Gasteiger partial charge is 0.188 e. The van der Waals surface area contributed by atoms with Crippen LogP contribution in [0.2, 0.25) is 0 Å². The summed E-state index contributed by atoms with van der Waals surface area (Å²) in [6.45, 7) is 2.10. The van der Waals surface area contributed by atoms with Crippen molar-refractivity contribution in [2.75, 3.05) is 12.4 Å². The summed E-state index contributed by atoms with van der Waals surface area (Å²) in [4.78, 5) is 8.02. The first-order valence-corrected chi connectivity index (χ1v) is 5.21. The Labute approximate surface area is 87.0 Å². The van der Waals surface area contributed by atoms with Gasteiger partial charge < -0.3 is 5.11 Å². The number of rotatable bonds is 4. The molecule has 0 saturated carbocycles. The maximum atomic E-state index is 8.81. The number of hydrogen-bond donors (Lipinski definition) is 1. The van der Waals surface area contributed by atoms with E-state index in [1.54, 1.807) is 12.3 Å². The quantitative estimate of drug-likeness (QED) is 0.593. The van der Waals surface area contributed by atoms with Crippen LogP contribution in [0.5, 0.6) is 0 Å². The fraction of sp³-hybridized carbons (Fsp3) is 0.444. The summed E-state index contributed by atoms with van der Waals surface area (Å²) in [5.41, 5.74) is 0.374. The van der Waals surface area contributed by atoms with Gasteiger partial charge in [0.2, 0.25) is 0 Å². The molecule has 5 heteroatoms. The monoisotopic (exact) mass is 209 g/mol. The first-order valence-electron chi connectivity index (χ1n) is 4.23. The van der Waals surface area contributed by atoms with Crippen LogP contribution in [0.25, 0.3) is 0 Å². The van der Waals surface area contributed by atoms with Crippen molar-refractivity contribution in [3.63, 3.8) is 0 Å². The minimum Gasteiger partial charge on any atom is -0.396 e. The van der Waals surface area contributed by atoms with Crippen molar-refractivity contribution in [3.8, 4) is 6.07 Å². The standard InChI is InChI=1S/C9H11N3OS/c1-7(5-13)6-14-9-11-3-2-8(4-10)12-9/h2-3,7,13H,5-6H2,1H3. The third kappa shape index (κ3) is 3.32. The molecule has 0 bridgehead atoms. The van der Waals surface area contributed by atoms with E-state index in [2.05, 4.69) is 9.97 Å². The summed E-state index contributed by atoms with van der Waals surface area (Å²) >= 11 is 1.45. The molecule has 1 N–H and O–H groups in total. The molecule has 0 aromatic carbocycles. The molecule has 1 rings (SSSR count). The predicted molar refractivity (Wildman–Crippen MR) is 53.7 cm³/mol. The van der Waals surface area contributed by atoms with E-state index in [-0.39, 0.29) is 12.5 Å². The van der Waals surface area contributed by atoms with Crippen molar-refractivity contribution >= 4 is 11.8 Å². The first-order chi connectivity index (χ1) is 6.76. The molecule has 1 aromatic rings. The van der Waals surface area contributed by atoms with Crippen molar-refractivity contribution in [2.45, 2.75) is 12.1 Å². The summed E-state index contributed by atoms with van der Waals surface area (Å²) in [5.74, 6) is 0.972. The second-order valence-electron chi connectivity index (χ2n) is 2.94. The maximum Gasteiger partial charge on any atom is 0.188 e. The second kappa shape index (κ2) is 5.58. The van der Waals surface area contributed by atoms with E-state index in [0.717, 1.165) is 5.75 Å². The van der Waals surface area contributed by atoms with Gasteiger partial charge in [-0.05, 0) is 12.0 Å². The number of nitrogens with zero attached hydrogens (tertiary/aromatic N) is 3. The maximum absolute atomic E-state index is 8.81. The highest BCUT2D eigenvalue weighted by Gasteiger charge is 2.03. The van der Waals surface area contributed by atoms with E-state index < -0.39 is 0 Å². The van der Waals surface area contributed by atoms with Crippen LogP contribution in [0.3, 0.4) is 0 Å². The summed E-state index contributed by atoms with van der Waals surface area (Å²) in [5, 5.41) is 18.0. The van der Waals surface area contributed by atoms with Crippen LogP contribution < -0.4 is 0 Å². The fourth-order valence-electron chi connectivity index (χ4n) is 0.742. The molecule has 1 atom stereocenters. The minimum absolute atomic E-state index is 0.158. The molecule has 4 nitrogen and oxygen atoms in total. The Hall–Kier alpha value is -1.12. The van der Waals surface area contributed by atoms with Crippen molar-refractivity contribution in [2.24, 2.45) is 5.92 Å². The van der Waals surface area contributed by atoms with Crippen LogP contribution in [0.1, 0.15) is 12.6 Å². The third-order valence-electron chi connectivity index (χ3n) is 1.56. The molecule has 1 heterocycles. The van der Waals surface area contributed by atoms with Crippen molar-refractivity contribution < 1.29 is 5.11 Å². The largest absolute Gasteiger partial charge is 0.396 e. The van der Waals surface area contributed by atoms with Gasteiger partial charge in [-0.25, -0.2) is 9.97 Å². The lowest BCUT2D eigenvalue weighted by Gasteiger charge is -2.05. The topological polar surface area (TPSA) is 69.8 Å². The number of thioether (sulfide) groups is 1. The van der Waals surface area contributed by atoms with Gasteiger partial charge in [-0.3, -0.25) is 0 Å². The zero-order chi connectivity index (χ0) is 10.4. The molecule has 0 aliphatic rings. The fourth-order valence-corrected chi connectivity index (χ4v) is 1.58. The van der Waals surface area contributed by atoms with Crippen LogP contribution in [0, 0.1) is 17.2 Å². The van der Waals surface area contributed by atoms with Gasteiger partial charge in [0.15, 0.2) is 5.16 Å². The number of aliphatic hydroxyl groups is 1. The van der Waals surface area contributed by atoms with E-state index in [1.807, 2.05) is 13.0 Å². The summed E-state index contributed by atoms with van der Waals surface area (Å²) in [6.07, 6.45) is 1.57. The van der Waals surface area contributed by atoms with Gasteiger partial charge in [-0.2, -0.15) is 5.26 Å². The van der Waals surface area contributed by atoms with Gasteiger partial charge in [0.1, 0.15) is 11.8 Å². The SMILES string of the molecule is CC(CO)CSc1nccc(C#N)n1. The molecule has 14 heavy (non-hydrogen) atoms. The first kappa shape index (κ1) is 11.0. The van der Waals surface area contributed by atoms with Gasteiger partial charge >= 0.3 is 0 Å². The molecule has 0 spiro atoms. The molecule has 0 saturated heterocycles. The summed E-state index contributed by atoms with van der Waals surface area (Å²) in [7, 11) is 0. The van der Waals surface area contributed by atoms with Crippen LogP contribution >= 0.6 is 11.8 Å². The molecular formula is C9H11N3OS. The normalized spacial score (nSPS) is 12.1. The summed E-state index contributed by atoms with van der Waals surface area (Å²) in [6, 6.07) is 3.52. The lowest BCUT2D eigenvalue weighted by molar-refractivity contribution is 0.250. The molecule has 0 fully saturated rings. The van der Waals surface area contributed by atoms with Crippen LogP contribution in [-0.4, -0.2) is 27.4 Å². The second-order valence-corrected chi connectivity index (χ2v) is 3.92. The average Bonchev–Trinajstić information content (AvgIpc) is 2.26. The van der Waals surface area contributed by atoms with E-state index in [1.165, 1.54) is 11.8 Å². The zero-order valence-electron chi connectivity index (χ0n) is 7.84. The van der Waals surface area contributed by atoms with Gasteiger partial charge in [-0.1, -0.05) is 18.7 Å². The number of nitriles is 1. The molecule has 1 aromatic heterocycles. The summed E-state index contributed by atoms with van der Waals surface area (Å²) < 4.78 is 0. The van der Waals surface area contributed by atoms with Crippen LogP contribution in [0.4, 0.5) is 0 Å². The van der Waals surface area contributed by atoms with Crippen LogP contribution in [-0.2, 0) is 0 Å². The van der Waals surface area contributed by atoms with Crippen molar-refractivity contribution in [1.82, 2.24) is 9.97 Å².